The van der Waals surface area contributed by atoms with Crippen molar-refractivity contribution in [3.05, 3.63) is 54.8 Å². The van der Waals surface area contributed by atoms with Crippen LogP contribution in [-0.4, -0.2) is 33.6 Å². The number of guanidine groups is 1. The summed E-state index contributed by atoms with van der Waals surface area (Å²) in [6, 6.07) is 4.01. The van der Waals surface area contributed by atoms with Crippen LogP contribution in [0.3, 0.4) is 0 Å². The quantitative estimate of drug-likeness (QED) is 0.322. The lowest BCUT2D eigenvalue weighted by Crippen LogP contribution is -2.37. The minimum atomic E-state index is 0. The third-order valence-corrected chi connectivity index (χ3v) is 3.06. The maximum absolute atomic E-state index is 4.52. The molecular weight excluding hydrogens is 403 g/mol. The molecule has 0 aliphatic carbocycles. The Balaban J connectivity index is 0.00000264. The van der Waals surface area contributed by atoms with E-state index in [1.165, 1.54) is 0 Å². The summed E-state index contributed by atoms with van der Waals surface area (Å²) in [5, 5.41) is 6.36. The molecule has 2 heterocycles. The summed E-state index contributed by atoms with van der Waals surface area (Å²) >= 11 is 0. The molecule has 23 heavy (non-hydrogen) atoms. The Bertz CT molecular complexity index is 632. The second-order valence-electron chi connectivity index (χ2n) is 4.73. The monoisotopic (exact) mass is 426 g/mol. The van der Waals surface area contributed by atoms with E-state index in [0.29, 0.717) is 13.1 Å². The van der Waals surface area contributed by atoms with Crippen LogP contribution in [0.15, 0.2) is 48.4 Å². The Labute approximate surface area is 154 Å². The van der Waals surface area contributed by atoms with E-state index in [2.05, 4.69) is 32.2 Å². The fourth-order valence-corrected chi connectivity index (χ4v) is 1.95. The summed E-state index contributed by atoms with van der Waals surface area (Å²) in [6.07, 6.45) is 7.31. The van der Waals surface area contributed by atoms with Crippen LogP contribution in [0.2, 0.25) is 0 Å². The predicted octanol–water partition coefficient (Wildman–Crippen LogP) is 2.43. The summed E-state index contributed by atoms with van der Waals surface area (Å²) in [7, 11) is 0. The average Bonchev–Trinajstić information content (AvgIpc) is 2.97. The first kappa shape index (κ1) is 19.1. The van der Waals surface area contributed by atoms with Gasteiger partial charge in [-0.15, -0.1) is 30.6 Å². The van der Waals surface area contributed by atoms with Gasteiger partial charge >= 0.3 is 0 Å². The second-order valence-corrected chi connectivity index (χ2v) is 4.73. The van der Waals surface area contributed by atoms with E-state index < -0.39 is 0 Å². The van der Waals surface area contributed by atoms with E-state index in [1.54, 1.807) is 12.3 Å². The van der Waals surface area contributed by atoms with E-state index in [-0.39, 0.29) is 24.0 Å². The summed E-state index contributed by atoms with van der Waals surface area (Å²) < 4.78 is 1.95. The van der Waals surface area contributed by atoms with Gasteiger partial charge in [0.05, 0.1) is 6.54 Å². The van der Waals surface area contributed by atoms with Crippen molar-refractivity contribution in [1.29, 1.82) is 0 Å². The molecule has 0 aromatic carbocycles. The summed E-state index contributed by atoms with van der Waals surface area (Å²) in [4.78, 5) is 13.2. The Morgan fingerprint density at radius 2 is 2.17 bits per heavy atom. The number of hydrogen-bond acceptors (Lipinski definition) is 3. The smallest absolute Gasteiger partial charge is 0.191 e. The van der Waals surface area contributed by atoms with Crippen LogP contribution in [0.5, 0.6) is 0 Å². The van der Waals surface area contributed by atoms with Gasteiger partial charge in [0.2, 0.25) is 0 Å². The number of imidazole rings is 1. The SMILES string of the molecule is C=CCNC(=NCc1ccc(-n2ccnc2C)nc1)NCC.I. The topological polar surface area (TPSA) is 67.1 Å². The van der Waals surface area contributed by atoms with Gasteiger partial charge < -0.3 is 10.6 Å². The molecule has 0 unspecified atom stereocenters. The molecule has 2 aromatic rings. The lowest BCUT2D eigenvalue weighted by atomic mass is 10.3. The molecule has 0 fully saturated rings. The van der Waals surface area contributed by atoms with E-state index >= 15 is 0 Å². The van der Waals surface area contributed by atoms with Gasteiger partial charge in [0.1, 0.15) is 11.6 Å². The number of pyridine rings is 1. The number of aliphatic imine (C=N–C) groups is 1. The third-order valence-electron chi connectivity index (χ3n) is 3.06. The van der Waals surface area contributed by atoms with Gasteiger partial charge in [0.15, 0.2) is 5.96 Å². The van der Waals surface area contributed by atoms with Crippen molar-refractivity contribution < 1.29 is 0 Å². The lowest BCUT2D eigenvalue weighted by Gasteiger charge is -2.09. The van der Waals surface area contributed by atoms with Crippen molar-refractivity contribution in [2.45, 2.75) is 20.4 Å². The average molecular weight is 426 g/mol. The highest BCUT2D eigenvalue weighted by atomic mass is 127. The van der Waals surface area contributed by atoms with Gasteiger partial charge in [0.25, 0.3) is 0 Å². The number of nitrogens with zero attached hydrogens (tertiary/aromatic N) is 4. The van der Waals surface area contributed by atoms with Gasteiger partial charge in [-0.05, 0) is 25.5 Å². The Kier molecular flexibility index (Phi) is 8.31. The number of nitrogens with one attached hydrogen (secondary N) is 2. The molecule has 124 valence electrons. The molecule has 0 saturated carbocycles. The van der Waals surface area contributed by atoms with Gasteiger partial charge in [-0.1, -0.05) is 12.1 Å². The first-order chi connectivity index (χ1) is 10.7. The predicted molar refractivity (Wildman–Crippen MR) is 105 cm³/mol. The first-order valence-corrected chi connectivity index (χ1v) is 7.33. The molecular formula is C16H23IN6. The molecule has 6 nitrogen and oxygen atoms in total. The minimum Gasteiger partial charge on any atom is -0.357 e. The van der Waals surface area contributed by atoms with Gasteiger partial charge in [-0.2, -0.15) is 0 Å². The second kappa shape index (κ2) is 9.98. The van der Waals surface area contributed by atoms with Crippen molar-refractivity contribution in [3.8, 4) is 5.82 Å². The zero-order valence-corrected chi connectivity index (χ0v) is 15.8. The molecule has 2 rings (SSSR count). The third kappa shape index (κ3) is 5.66. The number of aromatic nitrogens is 3. The highest BCUT2D eigenvalue weighted by Crippen LogP contribution is 2.08. The van der Waals surface area contributed by atoms with Crippen molar-refractivity contribution in [2.24, 2.45) is 4.99 Å². The fourth-order valence-electron chi connectivity index (χ4n) is 1.95. The van der Waals surface area contributed by atoms with Crippen molar-refractivity contribution in [3.63, 3.8) is 0 Å². The maximum atomic E-state index is 4.52. The van der Waals surface area contributed by atoms with Crippen LogP contribution in [0.25, 0.3) is 5.82 Å². The summed E-state index contributed by atoms with van der Waals surface area (Å²) in [5.74, 6) is 2.55. The lowest BCUT2D eigenvalue weighted by molar-refractivity contribution is 0.857. The maximum Gasteiger partial charge on any atom is 0.191 e. The molecule has 0 radical (unpaired) electrons. The van der Waals surface area contributed by atoms with Crippen LogP contribution in [0, 0.1) is 6.92 Å². The highest BCUT2D eigenvalue weighted by molar-refractivity contribution is 14.0. The molecule has 0 aliphatic heterocycles. The normalized spacial score (nSPS) is 10.8. The molecule has 0 aliphatic rings. The van der Waals surface area contributed by atoms with Crippen LogP contribution in [0.1, 0.15) is 18.3 Å². The van der Waals surface area contributed by atoms with E-state index in [0.717, 1.165) is 29.7 Å². The van der Waals surface area contributed by atoms with Gasteiger partial charge in [0, 0.05) is 31.7 Å². The zero-order chi connectivity index (χ0) is 15.8. The van der Waals surface area contributed by atoms with E-state index in [9.17, 15) is 0 Å². The highest BCUT2D eigenvalue weighted by Gasteiger charge is 2.02. The number of rotatable bonds is 6. The fraction of sp³-hybridized carbons (Fsp3) is 0.312. The van der Waals surface area contributed by atoms with Crippen LogP contribution in [-0.2, 0) is 6.54 Å². The molecule has 2 N–H and O–H groups in total. The minimum absolute atomic E-state index is 0. The van der Waals surface area contributed by atoms with Gasteiger partial charge in [-0.3, -0.25) is 4.57 Å². The zero-order valence-electron chi connectivity index (χ0n) is 13.5. The van der Waals surface area contributed by atoms with Crippen molar-refractivity contribution >= 4 is 29.9 Å². The van der Waals surface area contributed by atoms with Gasteiger partial charge in [-0.25, -0.2) is 15.0 Å². The van der Waals surface area contributed by atoms with Crippen LogP contribution >= 0.6 is 24.0 Å². The molecule has 0 bridgehead atoms. The summed E-state index contributed by atoms with van der Waals surface area (Å²) in [6.45, 7) is 9.75. The molecule has 0 atom stereocenters. The van der Waals surface area contributed by atoms with Crippen molar-refractivity contribution in [1.82, 2.24) is 25.2 Å². The molecule has 2 aromatic heterocycles. The largest absolute Gasteiger partial charge is 0.357 e. The van der Waals surface area contributed by atoms with E-state index in [4.69, 9.17) is 0 Å². The Morgan fingerprint density at radius 3 is 2.74 bits per heavy atom. The van der Waals surface area contributed by atoms with Crippen LogP contribution < -0.4 is 10.6 Å². The number of hydrogen-bond donors (Lipinski definition) is 2. The number of aryl methyl sites for hydroxylation is 1. The van der Waals surface area contributed by atoms with E-state index in [1.807, 2.05) is 42.9 Å². The molecule has 0 spiro atoms. The van der Waals surface area contributed by atoms with Crippen LogP contribution in [0.4, 0.5) is 0 Å². The molecule has 0 amide bonds. The summed E-state index contributed by atoms with van der Waals surface area (Å²) in [5.41, 5.74) is 1.05. The molecule has 7 heteroatoms. The first-order valence-electron chi connectivity index (χ1n) is 7.33. The Morgan fingerprint density at radius 1 is 1.35 bits per heavy atom. The standard InChI is InChI=1S/C16H22N6.HI/c1-4-8-19-16(17-5-2)21-12-14-6-7-15(20-11-14)22-10-9-18-13(22)3;/h4,6-7,9-11H,1,5,8,12H2,2-3H3,(H2,17,19,21);1H. The molecule has 0 saturated heterocycles. The van der Waals surface area contributed by atoms with Crippen molar-refractivity contribution in [2.75, 3.05) is 13.1 Å². The number of halogens is 1. The Hall–Kier alpha value is -1.90.